The Morgan fingerprint density at radius 2 is 1.79 bits per heavy atom. The normalized spacial score (nSPS) is 15.5. The molecule has 5 rings (SSSR count). The number of ketones is 1. The van der Waals surface area contributed by atoms with Gasteiger partial charge in [-0.3, -0.25) is 19.4 Å². The van der Waals surface area contributed by atoms with Gasteiger partial charge in [0.25, 0.3) is 0 Å². The molecule has 0 unspecified atom stereocenters. The number of aryl methyl sites for hydroxylation is 1. The number of pyridine rings is 2. The Labute approximate surface area is 191 Å². The quantitative estimate of drug-likeness (QED) is 0.417. The molecule has 0 aliphatic carbocycles. The van der Waals surface area contributed by atoms with Crippen LogP contribution in [0.5, 0.6) is 0 Å². The molecule has 1 fully saturated rings. The van der Waals surface area contributed by atoms with E-state index in [4.69, 9.17) is 0 Å². The third-order valence-corrected chi connectivity index (χ3v) is 6.27. The Hall–Kier alpha value is -3.53. The van der Waals surface area contributed by atoms with E-state index in [0.29, 0.717) is 29.2 Å². The number of carbonyl (C=O) groups is 1. The van der Waals surface area contributed by atoms with Crippen LogP contribution in [0.2, 0.25) is 0 Å². The molecular weight excluding hydrogens is 418 g/mol. The van der Waals surface area contributed by atoms with E-state index in [9.17, 15) is 4.79 Å². The lowest BCUT2D eigenvalue weighted by Crippen LogP contribution is -2.39. The first kappa shape index (κ1) is 21.3. The number of aromatic nitrogens is 8. The van der Waals surface area contributed by atoms with Crippen LogP contribution in [0.25, 0.3) is 22.2 Å². The van der Waals surface area contributed by atoms with Gasteiger partial charge in [-0.1, -0.05) is 10.4 Å². The molecule has 0 saturated carbocycles. The predicted molar refractivity (Wildman–Crippen MR) is 123 cm³/mol. The number of hydrogen-bond acceptors (Lipinski definition) is 8. The minimum Gasteiger partial charge on any atom is -0.301 e. The monoisotopic (exact) mass is 445 g/mol. The molecule has 33 heavy (non-hydrogen) atoms. The summed E-state index contributed by atoms with van der Waals surface area (Å²) in [6.07, 6.45) is 9.31. The van der Waals surface area contributed by atoms with E-state index in [0.717, 1.165) is 42.4 Å². The highest BCUT2D eigenvalue weighted by Gasteiger charge is 2.24. The summed E-state index contributed by atoms with van der Waals surface area (Å²) >= 11 is 0. The molecule has 4 aromatic heterocycles. The first-order valence-corrected chi connectivity index (χ1v) is 11.3. The molecular formula is C23H27N9O. The number of nitrogens with zero attached hydrogens (tertiary/aromatic N) is 9. The average molecular weight is 446 g/mol. The van der Waals surface area contributed by atoms with E-state index in [1.807, 2.05) is 30.1 Å². The molecule has 0 N–H and O–H groups in total. The summed E-state index contributed by atoms with van der Waals surface area (Å²) in [6, 6.07) is 4.70. The van der Waals surface area contributed by atoms with Gasteiger partial charge in [0.05, 0.1) is 30.6 Å². The van der Waals surface area contributed by atoms with Crippen LogP contribution in [-0.2, 0) is 13.5 Å². The van der Waals surface area contributed by atoms with Gasteiger partial charge in [-0.15, -0.1) is 10.2 Å². The molecule has 170 valence electrons. The SMILES string of the molecule is CC(C)N1CCC(n2cc(C(=O)Cc3cc4cc(-c5cn(C)nn5)ncc4cn3)nn2)CC1. The fraction of sp³-hybridized carbons (Fsp3) is 0.435. The van der Waals surface area contributed by atoms with Gasteiger partial charge in [-0.25, -0.2) is 4.68 Å². The largest absolute Gasteiger partial charge is 0.301 e. The number of rotatable bonds is 6. The summed E-state index contributed by atoms with van der Waals surface area (Å²) in [6.45, 7) is 6.52. The van der Waals surface area contributed by atoms with Crippen molar-refractivity contribution in [2.75, 3.05) is 13.1 Å². The van der Waals surface area contributed by atoms with Crippen molar-refractivity contribution in [1.82, 2.24) is 44.9 Å². The third-order valence-electron chi connectivity index (χ3n) is 6.27. The Bertz CT molecular complexity index is 1280. The third kappa shape index (κ3) is 4.51. The lowest BCUT2D eigenvalue weighted by atomic mass is 10.0. The molecule has 4 aromatic rings. The number of Topliss-reactive ketones (excluding diaryl/α,β-unsaturated/α-hetero) is 1. The van der Waals surface area contributed by atoms with Crippen molar-refractivity contribution in [3.05, 3.63) is 48.3 Å². The van der Waals surface area contributed by atoms with Crippen LogP contribution >= 0.6 is 0 Å². The number of likely N-dealkylation sites (tertiary alicyclic amines) is 1. The second kappa shape index (κ2) is 8.78. The van der Waals surface area contributed by atoms with Crippen LogP contribution in [0.4, 0.5) is 0 Å². The molecule has 1 saturated heterocycles. The highest BCUT2D eigenvalue weighted by Crippen LogP contribution is 2.24. The molecule has 0 radical (unpaired) electrons. The van der Waals surface area contributed by atoms with E-state index in [-0.39, 0.29) is 12.2 Å². The molecule has 1 aliphatic rings. The average Bonchev–Trinajstić information content (AvgIpc) is 3.48. The summed E-state index contributed by atoms with van der Waals surface area (Å²) in [5.74, 6) is -0.0871. The molecule has 0 spiro atoms. The van der Waals surface area contributed by atoms with Gasteiger partial charge in [0.1, 0.15) is 11.4 Å². The van der Waals surface area contributed by atoms with E-state index in [2.05, 4.69) is 49.3 Å². The standard InChI is InChI=1S/C23H27N9O/c1-15(2)31-6-4-19(5-7-31)32-14-22(27-29-32)23(33)10-18-8-16-9-20(21-13-30(3)28-26-21)25-12-17(16)11-24-18/h8-9,11-15,19H,4-7,10H2,1-3H3. The van der Waals surface area contributed by atoms with E-state index >= 15 is 0 Å². The van der Waals surface area contributed by atoms with Crippen molar-refractivity contribution >= 4 is 16.6 Å². The van der Waals surface area contributed by atoms with Gasteiger partial charge in [0.15, 0.2) is 5.78 Å². The highest BCUT2D eigenvalue weighted by atomic mass is 16.1. The molecule has 1 aliphatic heterocycles. The molecule has 0 aromatic carbocycles. The number of fused-ring (bicyclic) bond motifs is 1. The maximum Gasteiger partial charge on any atom is 0.190 e. The van der Waals surface area contributed by atoms with E-state index < -0.39 is 0 Å². The predicted octanol–water partition coefficient (Wildman–Crippen LogP) is 2.49. The minimum atomic E-state index is -0.0871. The summed E-state index contributed by atoms with van der Waals surface area (Å²) in [4.78, 5) is 24.2. The summed E-state index contributed by atoms with van der Waals surface area (Å²) < 4.78 is 3.50. The van der Waals surface area contributed by atoms with Crippen molar-refractivity contribution in [2.24, 2.45) is 7.05 Å². The van der Waals surface area contributed by atoms with Gasteiger partial charge >= 0.3 is 0 Å². The Morgan fingerprint density at radius 1 is 1.00 bits per heavy atom. The van der Waals surface area contributed by atoms with Crippen LogP contribution < -0.4 is 0 Å². The summed E-state index contributed by atoms with van der Waals surface area (Å²) in [5, 5.41) is 18.3. The Balaban J connectivity index is 1.29. The fourth-order valence-electron chi connectivity index (χ4n) is 4.29. The fourth-order valence-corrected chi connectivity index (χ4v) is 4.29. The lowest BCUT2D eigenvalue weighted by Gasteiger charge is -2.34. The second-order valence-electron chi connectivity index (χ2n) is 8.91. The number of piperidine rings is 1. The van der Waals surface area contributed by atoms with Gasteiger partial charge < -0.3 is 4.90 Å². The summed E-state index contributed by atoms with van der Waals surface area (Å²) in [7, 11) is 1.82. The number of hydrogen-bond donors (Lipinski definition) is 0. The van der Waals surface area contributed by atoms with Crippen LogP contribution in [0.1, 0.15) is 48.9 Å². The van der Waals surface area contributed by atoms with Crippen molar-refractivity contribution in [1.29, 1.82) is 0 Å². The van der Waals surface area contributed by atoms with Gasteiger partial charge in [-0.2, -0.15) is 0 Å². The Morgan fingerprint density at radius 3 is 2.52 bits per heavy atom. The first-order chi connectivity index (χ1) is 16.0. The van der Waals surface area contributed by atoms with Crippen LogP contribution in [0.3, 0.4) is 0 Å². The van der Waals surface area contributed by atoms with E-state index in [1.54, 1.807) is 23.3 Å². The zero-order chi connectivity index (χ0) is 22.9. The maximum atomic E-state index is 12.9. The minimum absolute atomic E-state index is 0.0871. The topological polar surface area (TPSA) is 108 Å². The zero-order valence-electron chi connectivity index (χ0n) is 19.1. The number of carbonyl (C=O) groups excluding carboxylic acids is 1. The molecule has 10 heteroatoms. The van der Waals surface area contributed by atoms with Gasteiger partial charge in [0.2, 0.25) is 0 Å². The molecule has 0 atom stereocenters. The molecule has 5 heterocycles. The highest BCUT2D eigenvalue weighted by molar-refractivity contribution is 5.95. The van der Waals surface area contributed by atoms with Gasteiger partial charge in [-0.05, 0) is 44.2 Å². The summed E-state index contributed by atoms with van der Waals surface area (Å²) in [5.41, 5.74) is 2.50. The zero-order valence-corrected chi connectivity index (χ0v) is 19.1. The Kier molecular flexibility index (Phi) is 5.67. The van der Waals surface area contributed by atoms with Crippen LogP contribution in [0, 0.1) is 0 Å². The van der Waals surface area contributed by atoms with Gasteiger partial charge in [0, 0.05) is 49.7 Å². The molecule has 10 nitrogen and oxygen atoms in total. The molecule has 0 bridgehead atoms. The van der Waals surface area contributed by atoms with Crippen molar-refractivity contribution < 1.29 is 4.79 Å². The lowest BCUT2D eigenvalue weighted by molar-refractivity contribution is 0.0987. The van der Waals surface area contributed by atoms with Crippen molar-refractivity contribution in [3.63, 3.8) is 0 Å². The van der Waals surface area contributed by atoms with Crippen LogP contribution in [-0.4, -0.2) is 69.8 Å². The second-order valence-corrected chi connectivity index (χ2v) is 8.91. The van der Waals surface area contributed by atoms with Crippen molar-refractivity contribution in [2.45, 2.75) is 45.2 Å². The van der Waals surface area contributed by atoms with Crippen LogP contribution in [0.15, 0.2) is 36.9 Å². The van der Waals surface area contributed by atoms with Crippen molar-refractivity contribution in [3.8, 4) is 11.4 Å². The maximum absolute atomic E-state index is 12.9. The smallest absolute Gasteiger partial charge is 0.190 e. The molecule has 0 amide bonds. The first-order valence-electron chi connectivity index (χ1n) is 11.3. The van der Waals surface area contributed by atoms with E-state index in [1.165, 1.54) is 0 Å².